The van der Waals surface area contributed by atoms with Gasteiger partial charge in [-0.05, 0) is 37.0 Å². The van der Waals surface area contributed by atoms with Gasteiger partial charge in [-0.1, -0.05) is 37.6 Å². The summed E-state index contributed by atoms with van der Waals surface area (Å²) >= 11 is 6.51. The predicted molar refractivity (Wildman–Crippen MR) is 116 cm³/mol. The number of carbonyl (C=O) groups excluding carboxylic acids is 2. The molecule has 2 aromatic rings. The molecule has 0 N–H and O–H groups in total. The Hall–Kier alpha value is -2.61. The first-order chi connectivity index (χ1) is 14.8. The van der Waals surface area contributed by atoms with Crippen molar-refractivity contribution in [3.8, 4) is 0 Å². The van der Waals surface area contributed by atoms with Crippen molar-refractivity contribution in [3.63, 3.8) is 0 Å². The molecule has 0 radical (unpaired) electrons. The standard InChI is InChI=1S/C22H28ClFN4O3/c1-15(2)14-31-22(30)27-10-4-9-26(11-12-27)21(29)19-16(3)25-28(20(19)23)13-17-5-7-18(24)8-6-17/h5-8,15H,4,9-14H2,1-3H3. The van der Waals surface area contributed by atoms with Gasteiger partial charge in [0.1, 0.15) is 11.0 Å². The van der Waals surface area contributed by atoms with E-state index in [-0.39, 0.29) is 28.9 Å². The second-order valence-corrected chi connectivity index (χ2v) is 8.50. The van der Waals surface area contributed by atoms with Crippen molar-refractivity contribution >= 4 is 23.6 Å². The summed E-state index contributed by atoms with van der Waals surface area (Å²) in [4.78, 5) is 28.8. The van der Waals surface area contributed by atoms with Gasteiger partial charge in [0.15, 0.2) is 0 Å². The molecule has 0 atom stereocenters. The summed E-state index contributed by atoms with van der Waals surface area (Å²) < 4.78 is 20.0. The lowest BCUT2D eigenvalue weighted by Gasteiger charge is -2.22. The molecule has 0 aliphatic carbocycles. The molecular weight excluding hydrogens is 423 g/mol. The number of hydrogen-bond acceptors (Lipinski definition) is 4. The van der Waals surface area contributed by atoms with Crippen LogP contribution < -0.4 is 0 Å². The van der Waals surface area contributed by atoms with Crippen LogP contribution in [-0.4, -0.2) is 64.4 Å². The van der Waals surface area contributed by atoms with Gasteiger partial charge in [-0.2, -0.15) is 5.10 Å². The Bertz CT molecular complexity index is 930. The molecule has 3 rings (SSSR count). The number of amides is 2. The van der Waals surface area contributed by atoms with Gasteiger partial charge < -0.3 is 14.5 Å². The van der Waals surface area contributed by atoms with Gasteiger partial charge in [-0.25, -0.2) is 13.9 Å². The van der Waals surface area contributed by atoms with Gasteiger partial charge in [-0.3, -0.25) is 4.79 Å². The molecule has 1 aromatic carbocycles. The fourth-order valence-corrected chi connectivity index (χ4v) is 3.77. The maximum absolute atomic E-state index is 13.2. The molecule has 9 heteroatoms. The van der Waals surface area contributed by atoms with Crippen molar-refractivity contribution in [3.05, 3.63) is 52.1 Å². The third-order valence-electron chi connectivity index (χ3n) is 5.11. The maximum Gasteiger partial charge on any atom is 0.409 e. The van der Waals surface area contributed by atoms with Crippen LogP contribution in [0.5, 0.6) is 0 Å². The van der Waals surface area contributed by atoms with E-state index >= 15 is 0 Å². The molecule has 2 heterocycles. The Morgan fingerprint density at radius 1 is 1.13 bits per heavy atom. The summed E-state index contributed by atoms with van der Waals surface area (Å²) in [6, 6.07) is 6.07. The number of ether oxygens (including phenoxy) is 1. The lowest BCUT2D eigenvalue weighted by atomic mass is 10.2. The summed E-state index contributed by atoms with van der Waals surface area (Å²) in [7, 11) is 0. The highest BCUT2D eigenvalue weighted by atomic mass is 35.5. The van der Waals surface area contributed by atoms with Crippen LogP contribution in [0, 0.1) is 18.7 Å². The number of carbonyl (C=O) groups is 2. The van der Waals surface area contributed by atoms with Crippen molar-refractivity contribution in [2.45, 2.75) is 33.7 Å². The topological polar surface area (TPSA) is 67.7 Å². The van der Waals surface area contributed by atoms with Gasteiger partial charge in [0, 0.05) is 26.2 Å². The van der Waals surface area contributed by atoms with Crippen molar-refractivity contribution in [2.75, 3.05) is 32.8 Å². The number of aromatic nitrogens is 2. The number of benzene rings is 1. The molecule has 7 nitrogen and oxygen atoms in total. The largest absolute Gasteiger partial charge is 0.449 e. The first-order valence-electron chi connectivity index (χ1n) is 10.4. The van der Waals surface area contributed by atoms with Gasteiger partial charge in [-0.15, -0.1) is 0 Å². The minimum Gasteiger partial charge on any atom is -0.449 e. The van der Waals surface area contributed by atoms with E-state index in [4.69, 9.17) is 16.3 Å². The monoisotopic (exact) mass is 450 g/mol. The summed E-state index contributed by atoms with van der Waals surface area (Å²) in [6.07, 6.45) is 0.312. The molecule has 1 aromatic heterocycles. The smallest absolute Gasteiger partial charge is 0.409 e. The molecule has 1 aliphatic heterocycles. The number of aryl methyl sites for hydroxylation is 1. The fraction of sp³-hybridized carbons (Fsp3) is 0.500. The fourth-order valence-electron chi connectivity index (χ4n) is 3.45. The normalized spacial score (nSPS) is 14.6. The predicted octanol–water partition coefficient (Wildman–Crippen LogP) is 3.97. The molecule has 31 heavy (non-hydrogen) atoms. The van der Waals surface area contributed by atoms with E-state index in [0.29, 0.717) is 57.0 Å². The third-order valence-corrected chi connectivity index (χ3v) is 5.49. The lowest BCUT2D eigenvalue weighted by Crippen LogP contribution is -2.38. The molecule has 0 bridgehead atoms. The summed E-state index contributed by atoms with van der Waals surface area (Å²) in [6.45, 7) is 8.29. The molecule has 0 saturated carbocycles. The van der Waals surface area contributed by atoms with E-state index in [1.54, 1.807) is 33.5 Å². The zero-order valence-electron chi connectivity index (χ0n) is 18.1. The number of rotatable bonds is 5. The van der Waals surface area contributed by atoms with Crippen molar-refractivity contribution in [1.82, 2.24) is 19.6 Å². The van der Waals surface area contributed by atoms with Crippen LogP contribution in [0.3, 0.4) is 0 Å². The first-order valence-corrected chi connectivity index (χ1v) is 10.8. The lowest BCUT2D eigenvalue weighted by molar-refractivity contribution is 0.0746. The van der Waals surface area contributed by atoms with E-state index in [1.807, 2.05) is 13.8 Å². The van der Waals surface area contributed by atoms with Crippen LogP contribution in [0.25, 0.3) is 0 Å². The first kappa shape index (κ1) is 23.1. The molecule has 0 unspecified atom stereocenters. The van der Waals surface area contributed by atoms with Crippen LogP contribution in [-0.2, 0) is 11.3 Å². The third kappa shape index (κ3) is 5.76. The van der Waals surface area contributed by atoms with E-state index < -0.39 is 0 Å². The van der Waals surface area contributed by atoms with Gasteiger partial charge in [0.25, 0.3) is 5.91 Å². The van der Waals surface area contributed by atoms with Crippen LogP contribution in [0.4, 0.5) is 9.18 Å². The van der Waals surface area contributed by atoms with E-state index in [1.165, 1.54) is 12.1 Å². The van der Waals surface area contributed by atoms with Crippen LogP contribution in [0.15, 0.2) is 24.3 Å². The average Bonchev–Trinajstić information content (AvgIpc) is 2.90. The quantitative estimate of drug-likeness (QED) is 0.691. The molecule has 1 saturated heterocycles. The van der Waals surface area contributed by atoms with Gasteiger partial charge >= 0.3 is 6.09 Å². The Morgan fingerprint density at radius 3 is 2.45 bits per heavy atom. The molecule has 1 fully saturated rings. The van der Waals surface area contributed by atoms with Gasteiger partial charge in [0.05, 0.1) is 24.4 Å². The minimum atomic E-state index is -0.343. The Kier molecular flexibility index (Phi) is 7.54. The van der Waals surface area contributed by atoms with E-state index in [2.05, 4.69) is 5.10 Å². The Morgan fingerprint density at radius 2 is 1.77 bits per heavy atom. The highest BCUT2D eigenvalue weighted by Gasteiger charge is 2.28. The summed E-state index contributed by atoms with van der Waals surface area (Å²) in [5.74, 6) is -0.249. The Balaban J connectivity index is 1.67. The second kappa shape index (κ2) is 10.1. The van der Waals surface area contributed by atoms with Crippen LogP contribution in [0.1, 0.15) is 41.9 Å². The van der Waals surface area contributed by atoms with E-state index in [9.17, 15) is 14.0 Å². The van der Waals surface area contributed by atoms with Crippen molar-refractivity contribution in [2.24, 2.45) is 5.92 Å². The van der Waals surface area contributed by atoms with E-state index in [0.717, 1.165) is 5.56 Å². The average molecular weight is 451 g/mol. The zero-order chi connectivity index (χ0) is 22.5. The van der Waals surface area contributed by atoms with Crippen molar-refractivity contribution < 1.29 is 18.7 Å². The highest BCUT2D eigenvalue weighted by Crippen LogP contribution is 2.23. The number of halogens is 2. The zero-order valence-corrected chi connectivity index (χ0v) is 18.9. The van der Waals surface area contributed by atoms with Crippen LogP contribution >= 0.6 is 11.6 Å². The summed E-state index contributed by atoms with van der Waals surface area (Å²) in [5.41, 5.74) is 1.73. The van der Waals surface area contributed by atoms with Crippen molar-refractivity contribution in [1.29, 1.82) is 0 Å². The molecule has 2 amide bonds. The minimum absolute atomic E-state index is 0.203. The molecule has 168 valence electrons. The number of hydrogen-bond donors (Lipinski definition) is 0. The highest BCUT2D eigenvalue weighted by molar-refractivity contribution is 6.33. The second-order valence-electron chi connectivity index (χ2n) is 8.14. The molecule has 1 aliphatic rings. The number of nitrogens with zero attached hydrogens (tertiary/aromatic N) is 4. The Labute approximate surface area is 186 Å². The summed E-state index contributed by atoms with van der Waals surface area (Å²) in [5, 5.41) is 4.66. The maximum atomic E-state index is 13.2. The molecular formula is C22H28ClFN4O3. The van der Waals surface area contributed by atoms with Crippen LogP contribution in [0.2, 0.25) is 5.15 Å². The SMILES string of the molecule is Cc1nn(Cc2ccc(F)cc2)c(Cl)c1C(=O)N1CCCN(C(=O)OCC(C)C)CC1. The van der Waals surface area contributed by atoms with Gasteiger partial charge in [0.2, 0.25) is 0 Å². The molecule has 0 spiro atoms.